The molecule has 0 aromatic carbocycles. The second-order valence-electron chi connectivity index (χ2n) is 3.42. The fourth-order valence-electron chi connectivity index (χ4n) is 1.32. The van der Waals surface area contributed by atoms with Crippen molar-refractivity contribution in [3.63, 3.8) is 0 Å². The third-order valence-corrected chi connectivity index (χ3v) is 5.14. The van der Waals surface area contributed by atoms with E-state index in [0.717, 1.165) is 32.5 Å². The van der Waals surface area contributed by atoms with E-state index < -0.39 is 8.56 Å². The fraction of sp³-hybridized carbons (Fsp3) is 1.00. The summed E-state index contributed by atoms with van der Waals surface area (Å²) in [4.78, 5) is 2.16. The fourth-order valence-corrected chi connectivity index (χ4v) is 3.51. The summed E-state index contributed by atoms with van der Waals surface area (Å²) >= 11 is 0. The van der Waals surface area contributed by atoms with Gasteiger partial charge in [-0.2, -0.15) is 0 Å². The summed E-state index contributed by atoms with van der Waals surface area (Å²) in [5.74, 6) is 0. The van der Waals surface area contributed by atoms with Crippen LogP contribution < -0.4 is 0 Å². The number of rotatable bonds is 3. The van der Waals surface area contributed by atoms with Crippen molar-refractivity contribution in [3.05, 3.63) is 0 Å². The van der Waals surface area contributed by atoms with Crippen molar-refractivity contribution in [3.8, 4) is 0 Å². The first kappa shape index (κ1) is 10.2. The van der Waals surface area contributed by atoms with Gasteiger partial charge in [-0.25, -0.2) is 0 Å². The zero-order valence-electron chi connectivity index (χ0n) is 8.30. The van der Waals surface area contributed by atoms with Crippen LogP contribution in [0.15, 0.2) is 0 Å². The zero-order chi connectivity index (χ0) is 9.03. The summed E-state index contributed by atoms with van der Waals surface area (Å²) in [6.45, 7) is 8.99. The van der Waals surface area contributed by atoms with Crippen molar-refractivity contribution in [2.45, 2.75) is 32.9 Å². The lowest BCUT2D eigenvalue weighted by atomic mass is 10.6. The molecule has 1 rings (SSSR count). The van der Waals surface area contributed by atoms with Crippen LogP contribution in [-0.2, 0) is 8.85 Å². The van der Waals surface area contributed by atoms with Crippen molar-refractivity contribution < 1.29 is 8.85 Å². The Balaban J connectivity index is 2.33. The highest BCUT2D eigenvalue weighted by atomic mass is 28.4. The lowest BCUT2D eigenvalue weighted by Crippen LogP contribution is -2.50. The molecular formula is C8H19NO2Si. The van der Waals surface area contributed by atoms with Gasteiger partial charge in [-0.05, 0) is 19.1 Å². The normalized spacial score (nSPS) is 24.2. The Morgan fingerprint density at radius 1 is 1.25 bits per heavy atom. The van der Waals surface area contributed by atoms with Gasteiger partial charge in [-0.1, -0.05) is 20.3 Å². The van der Waals surface area contributed by atoms with Crippen LogP contribution in [0.25, 0.3) is 0 Å². The van der Waals surface area contributed by atoms with Gasteiger partial charge in [-0.3, -0.25) is 4.90 Å². The molecule has 0 atom stereocenters. The number of hydrogen-bond acceptors (Lipinski definition) is 3. The van der Waals surface area contributed by atoms with E-state index in [4.69, 9.17) is 8.85 Å². The molecule has 0 bridgehead atoms. The molecule has 1 saturated heterocycles. The molecule has 0 radical (unpaired) electrons. The van der Waals surface area contributed by atoms with E-state index in [1.165, 1.54) is 0 Å². The second kappa shape index (κ2) is 4.37. The quantitative estimate of drug-likeness (QED) is 0.631. The molecule has 1 aliphatic rings. The molecule has 72 valence electrons. The highest BCUT2D eigenvalue weighted by Gasteiger charge is 2.34. The standard InChI is InChI=1S/C8H19NO2Si/c1-4-6-12(3)10-7-9(5-2)8-11-12/h4-8H2,1-3H3. The highest BCUT2D eigenvalue weighted by molar-refractivity contribution is 6.66. The molecule has 0 unspecified atom stereocenters. The SMILES string of the molecule is CCC[Si]1(C)OCN(CC)CO1. The maximum absolute atomic E-state index is 5.75. The Bertz CT molecular complexity index is 135. The summed E-state index contributed by atoms with van der Waals surface area (Å²) in [6.07, 6.45) is 1.16. The van der Waals surface area contributed by atoms with E-state index in [2.05, 4.69) is 25.3 Å². The maximum atomic E-state index is 5.75. The molecule has 0 saturated carbocycles. The molecule has 1 aliphatic heterocycles. The van der Waals surface area contributed by atoms with Crippen molar-refractivity contribution in [2.24, 2.45) is 0 Å². The van der Waals surface area contributed by atoms with Crippen molar-refractivity contribution >= 4 is 8.56 Å². The minimum atomic E-state index is -1.74. The van der Waals surface area contributed by atoms with Gasteiger partial charge in [0.2, 0.25) is 0 Å². The summed E-state index contributed by atoms with van der Waals surface area (Å²) in [7, 11) is -1.74. The average molecular weight is 189 g/mol. The first-order valence-electron chi connectivity index (χ1n) is 4.70. The molecule has 0 aromatic heterocycles. The summed E-state index contributed by atoms with van der Waals surface area (Å²) in [6, 6.07) is 1.12. The van der Waals surface area contributed by atoms with E-state index in [0.29, 0.717) is 0 Å². The van der Waals surface area contributed by atoms with Gasteiger partial charge < -0.3 is 8.85 Å². The van der Waals surface area contributed by atoms with E-state index in [9.17, 15) is 0 Å². The molecule has 3 nitrogen and oxygen atoms in total. The van der Waals surface area contributed by atoms with Crippen LogP contribution in [0, 0.1) is 0 Å². The smallest absolute Gasteiger partial charge is 0.336 e. The van der Waals surface area contributed by atoms with Crippen molar-refractivity contribution in [2.75, 3.05) is 20.0 Å². The van der Waals surface area contributed by atoms with Crippen molar-refractivity contribution in [1.29, 1.82) is 0 Å². The largest absolute Gasteiger partial charge is 0.381 e. The van der Waals surface area contributed by atoms with Crippen LogP contribution in [0.5, 0.6) is 0 Å². The Kier molecular flexibility index (Phi) is 3.70. The monoisotopic (exact) mass is 189 g/mol. The molecule has 1 heterocycles. The van der Waals surface area contributed by atoms with Gasteiger partial charge in [-0.15, -0.1) is 0 Å². The summed E-state index contributed by atoms with van der Waals surface area (Å²) < 4.78 is 11.5. The van der Waals surface area contributed by atoms with Gasteiger partial charge >= 0.3 is 8.56 Å². The lowest BCUT2D eigenvalue weighted by Gasteiger charge is -2.37. The topological polar surface area (TPSA) is 21.7 Å². The van der Waals surface area contributed by atoms with Crippen LogP contribution in [-0.4, -0.2) is 33.5 Å². The maximum Gasteiger partial charge on any atom is 0.336 e. The van der Waals surface area contributed by atoms with Crippen LogP contribution in [0.1, 0.15) is 20.3 Å². The van der Waals surface area contributed by atoms with Gasteiger partial charge in [0.15, 0.2) is 0 Å². The predicted octanol–water partition coefficient (Wildman–Crippen LogP) is 1.75. The third-order valence-electron chi connectivity index (χ3n) is 2.26. The van der Waals surface area contributed by atoms with Crippen LogP contribution >= 0.6 is 0 Å². The Morgan fingerprint density at radius 3 is 2.25 bits per heavy atom. The zero-order valence-corrected chi connectivity index (χ0v) is 9.30. The van der Waals surface area contributed by atoms with Gasteiger partial charge in [0.05, 0.1) is 13.5 Å². The molecule has 0 aromatic rings. The summed E-state index contributed by atoms with van der Waals surface area (Å²) in [5.41, 5.74) is 0. The first-order valence-corrected chi connectivity index (χ1v) is 7.23. The van der Waals surface area contributed by atoms with E-state index >= 15 is 0 Å². The van der Waals surface area contributed by atoms with Crippen molar-refractivity contribution in [1.82, 2.24) is 4.90 Å². The van der Waals surface area contributed by atoms with E-state index in [-0.39, 0.29) is 0 Å². The van der Waals surface area contributed by atoms with Gasteiger partial charge in [0.1, 0.15) is 0 Å². The minimum absolute atomic E-state index is 0.763. The van der Waals surface area contributed by atoms with E-state index in [1.807, 2.05) is 0 Å². The first-order chi connectivity index (χ1) is 5.70. The molecule has 0 aliphatic carbocycles. The van der Waals surface area contributed by atoms with Crippen LogP contribution in [0.2, 0.25) is 12.6 Å². The Hall–Kier alpha value is 0.0969. The lowest BCUT2D eigenvalue weighted by molar-refractivity contribution is -0.0285. The highest BCUT2D eigenvalue weighted by Crippen LogP contribution is 2.19. The molecule has 0 spiro atoms. The molecular weight excluding hydrogens is 170 g/mol. The van der Waals surface area contributed by atoms with Crippen LogP contribution in [0.3, 0.4) is 0 Å². The molecule has 1 fully saturated rings. The minimum Gasteiger partial charge on any atom is -0.381 e. The summed E-state index contributed by atoms with van der Waals surface area (Å²) in [5, 5.41) is 0. The Labute approximate surface area is 75.9 Å². The Morgan fingerprint density at radius 2 is 1.83 bits per heavy atom. The predicted molar refractivity (Wildman–Crippen MR) is 51.0 cm³/mol. The molecule has 0 N–H and O–H groups in total. The third kappa shape index (κ3) is 2.55. The number of hydrogen-bond donors (Lipinski definition) is 0. The molecule has 12 heavy (non-hydrogen) atoms. The van der Waals surface area contributed by atoms with Crippen LogP contribution in [0.4, 0.5) is 0 Å². The number of nitrogens with zero attached hydrogens (tertiary/aromatic N) is 1. The molecule has 0 amide bonds. The van der Waals surface area contributed by atoms with E-state index in [1.54, 1.807) is 0 Å². The molecule has 4 heteroatoms. The van der Waals surface area contributed by atoms with Gasteiger partial charge in [0, 0.05) is 0 Å². The average Bonchev–Trinajstić information content (AvgIpc) is 2.06. The second-order valence-corrected chi connectivity index (χ2v) is 6.76. The van der Waals surface area contributed by atoms with Gasteiger partial charge in [0.25, 0.3) is 0 Å².